The molecule has 9 heteroatoms. The van der Waals surface area contributed by atoms with E-state index in [0.29, 0.717) is 0 Å². The van der Waals surface area contributed by atoms with Crippen LogP contribution in [0.15, 0.2) is 15.6 Å². The molecule has 2 N–H and O–H groups in total. The zero-order valence-corrected chi connectivity index (χ0v) is 10.1. The van der Waals surface area contributed by atoms with Crippen molar-refractivity contribution in [3.63, 3.8) is 0 Å². The van der Waals surface area contributed by atoms with Gasteiger partial charge < -0.3 is 5.73 Å². The van der Waals surface area contributed by atoms with Crippen molar-refractivity contribution >= 4 is 41.5 Å². The highest BCUT2D eigenvalue weighted by atomic mass is 79.9. The summed E-state index contributed by atoms with van der Waals surface area (Å²) in [4.78, 5) is 2.66. The normalized spacial score (nSPS) is 12.1. The van der Waals surface area contributed by atoms with E-state index in [9.17, 15) is 17.2 Å². The SMILES string of the molecule is Nc1ncc(Br)c(S(=O)(=O)Cl)c1C(F)F. The van der Waals surface area contributed by atoms with Crippen molar-refractivity contribution in [2.75, 3.05) is 5.73 Å². The van der Waals surface area contributed by atoms with Crippen molar-refractivity contribution in [3.8, 4) is 0 Å². The van der Waals surface area contributed by atoms with Crippen LogP contribution in [0.5, 0.6) is 0 Å². The lowest BCUT2D eigenvalue weighted by molar-refractivity contribution is 0.148. The number of anilines is 1. The monoisotopic (exact) mass is 320 g/mol. The Morgan fingerprint density at radius 1 is 1.53 bits per heavy atom. The summed E-state index contributed by atoms with van der Waals surface area (Å²) in [7, 11) is 0.704. The van der Waals surface area contributed by atoms with Gasteiger partial charge in [0.05, 0.1) is 10.0 Å². The summed E-state index contributed by atoms with van der Waals surface area (Å²) < 4.78 is 47.0. The molecule has 1 heterocycles. The second kappa shape index (κ2) is 4.18. The van der Waals surface area contributed by atoms with Gasteiger partial charge in [0.2, 0.25) is 0 Å². The number of nitrogens with two attached hydrogens (primary N) is 1. The van der Waals surface area contributed by atoms with Crippen molar-refractivity contribution in [2.24, 2.45) is 0 Å². The first-order valence-corrected chi connectivity index (χ1v) is 6.52. The summed E-state index contributed by atoms with van der Waals surface area (Å²) in [6.07, 6.45) is -2.07. The van der Waals surface area contributed by atoms with Crippen molar-refractivity contribution in [3.05, 3.63) is 16.2 Å². The van der Waals surface area contributed by atoms with E-state index >= 15 is 0 Å². The third-order valence-corrected chi connectivity index (χ3v) is 3.77. The largest absolute Gasteiger partial charge is 0.383 e. The summed E-state index contributed by atoms with van der Waals surface area (Å²) in [6, 6.07) is 0. The summed E-state index contributed by atoms with van der Waals surface area (Å²) in [5.41, 5.74) is 4.26. The van der Waals surface area contributed by atoms with Gasteiger partial charge in [0.1, 0.15) is 10.7 Å². The van der Waals surface area contributed by atoms with Crippen LogP contribution < -0.4 is 5.73 Å². The first kappa shape index (κ1) is 12.6. The van der Waals surface area contributed by atoms with Crippen LogP contribution in [0.2, 0.25) is 0 Å². The predicted molar refractivity (Wildman–Crippen MR) is 54.3 cm³/mol. The van der Waals surface area contributed by atoms with E-state index < -0.39 is 31.8 Å². The van der Waals surface area contributed by atoms with Crippen LogP contribution in [0, 0.1) is 0 Å². The zero-order valence-electron chi connectivity index (χ0n) is 6.92. The zero-order chi connectivity index (χ0) is 11.8. The Kier molecular flexibility index (Phi) is 3.51. The molecule has 1 aromatic heterocycles. The van der Waals surface area contributed by atoms with E-state index in [4.69, 9.17) is 16.4 Å². The van der Waals surface area contributed by atoms with Crippen LogP contribution in [0.3, 0.4) is 0 Å². The number of rotatable bonds is 2. The smallest absolute Gasteiger partial charge is 0.268 e. The number of nitrogen functional groups attached to an aromatic ring is 1. The predicted octanol–water partition coefficient (Wildman–Crippen LogP) is 2.29. The van der Waals surface area contributed by atoms with Crippen LogP contribution in [0.25, 0.3) is 0 Å². The van der Waals surface area contributed by atoms with Crippen LogP contribution in [0.1, 0.15) is 12.0 Å². The summed E-state index contributed by atoms with van der Waals surface area (Å²) >= 11 is 2.77. The van der Waals surface area contributed by atoms with Gasteiger partial charge in [0.15, 0.2) is 0 Å². The third-order valence-electron chi connectivity index (χ3n) is 1.52. The molecule has 1 aromatic rings. The lowest BCUT2D eigenvalue weighted by Crippen LogP contribution is -2.06. The maximum absolute atomic E-state index is 12.5. The second-order valence-corrected chi connectivity index (χ2v) is 5.83. The number of hydrogen-bond acceptors (Lipinski definition) is 4. The Balaban J connectivity index is 3.68. The van der Waals surface area contributed by atoms with E-state index in [0.717, 1.165) is 6.20 Å². The van der Waals surface area contributed by atoms with Crippen LogP contribution >= 0.6 is 26.6 Å². The summed E-state index contributed by atoms with van der Waals surface area (Å²) in [5.74, 6) is -0.563. The summed E-state index contributed by atoms with van der Waals surface area (Å²) in [6.45, 7) is 0. The molecule has 0 aliphatic heterocycles. The maximum atomic E-state index is 12.5. The fraction of sp³-hybridized carbons (Fsp3) is 0.167. The number of hydrogen-bond donors (Lipinski definition) is 1. The van der Waals surface area contributed by atoms with Gasteiger partial charge in [-0.1, -0.05) is 0 Å². The van der Waals surface area contributed by atoms with Gasteiger partial charge in [0.25, 0.3) is 15.5 Å². The fourth-order valence-electron chi connectivity index (χ4n) is 0.958. The van der Waals surface area contributed by atoms with Gasteiger partial charge in [-0.2, -0.15) is 0 Å². The first-order chi connectivity index (χ1) is 6.75. The molecule has 0 unspecified atom stereocenters. The van der Waals surface area contributed by atoms with Crippen molar-refractivity contribution in [2.45, 2.75) is 11.3 Å². The molecule has 0 bridgehead atoms. The van der Waals surface area contributed by atoms with Crippen molar-refractivity contribution in [1.29, 1.82) is 0 Å². The van der Waals surface area contributed by atoms with E-state index in [1.54, 1.807) is 0 Å². The molecular formula is C6H4BrClF2N2O2S. The van der Waals surface area contributed by atoms with Gasteiger partial charge in [0, 0.05) is 16.9 Å². The first-order valence-electron chi connectivity index (χ1n) is 3.42. The highest BCUT2D eigenvalue weighted by Gasteiger charge is 2.27. The van der Waals surface area contributed by atoms with Gasteiger partial charge in [-0.15, -0.1) is 0 Å². The standard InChI is InChI=1S/C6H4BrClF2N2O2S/c7-2-1-12-6(11)3(5(9)10)4(2)15(8,13)14/h1,5H,(H2,11,12). The van der Waals surface area contributed by atoms with E-state index in [1.807, 2.05) is 0 Å². The topological polar surface area (TPSA) is 73.0 Å². The Morgan fingerprint density at radius 3 is 2.40 bits per heavy atom. The molecule has 0 spiro atoms. The van der Waals surface area contributed by atoms with Crippen molar-refractivity contribution < 1.29 is 17.2 Å². The molecule has 0 aliphatic rings. The molecule has 0 aromatic carbocycles. The highest BCUT2D eigenvalue weighted by molar-refractivity contribution is 9.10. The molecule has 0 saturated carbocycles. The molecule has 0 saturated heterocycles. The quantitative estimate of drug-likeness (QED) is 0.848. The number of nitrogens with zero attached hydrogens (tertiary/aromatic N) is 1. The lowest BCUT2D eigenvalue weighted by Gasteiger charge is -2.09. The average Bonchev–Trinajstić information content (AvgIpc) is 2.05. The molecule has 0 atom stereocenters. The molecule has 0 aliphatic carbocycles. The molecular weight excluding hydrogens is 317 g/mol. The van der Waals surface area contributed by atoms with Crippen LogP contribution in [-0.2, 0) is 9.05 Å². The van der Waals surface area contributed by atoms with Gasteiger partial charge in [-0.05, 0) is 15.9 Å². The van der Waals surface area contributed by atoms with E-state index in [-0.39, 0.29) is 4.47 Å². The van der Waals surface area contributed by atoms with E-state index in [1.165, 1.54) is 0 Å². The molecule has 15 heavy (non-hydrogen) atoms. The molecule has 4 nitrogen and oxygen atoms in total. The molecule has 0 amide bonds. The minimum absolute atomic E-state index is 0.151. The van der Waals surface area contributed by atoms with Crippen molar-refractivity contribution in [1.82, 2.24) is 4.98 Å². The number of halogens is 4. The lowest BCUT2D eigenvalue weighted by atomic mass is 10.2. The molecule has 84 valence electrons. The molecule has 0 radical (unpaired) electrons. The minimum atomic E-state index is -4.31. The van der Waals surface area contributed by atoms with Gasteiger partial charge >= 0.3 is 0 Å². The third kappa shape index (κ3) is 2.56. The molecule has 1 rings (SSSR count). The second-order valence-electron chi connectivity index (χ2n) is 2.47. The number of aromatic nitrogens is 1. The van der Waals surface area contributed by atoms with E-state index in [2.05, 4.69) is 20.9 Å². The minimum Gasteiger partial charge on any atom is -0.383 e. The summed E-state index contributed by atoms with van der Waals surface area (Å²) in [5, 5.41) is 0. The molecule has 0 fully saturated rings. The Morgan fingerprint density at radius 2 is 2.07 bits per heavy atom. The highest BCUT2D eigenvalue weighted by Crippen LogP contribution is 2.36. The Hall–Kier alpha value is -0.470. The fourth-order valence-corrected chi connectivity index (χ4v) is 3.43. The Bertz CT molecular complexity index is 494. The Labute approximate surface area is 97.0 Å². The van der Waals surface area contributed by atoms with Crippen LogP contribution in [-0.4, -0.2) is 13.4 Å². The average molecular weight is 322 g/mol. The van der Waals surface area contributed by atoms with Gasteiger partial charge in [-0.3, -0.25) is 0 Å². The number of pyridine rings is 1. The maximum Gasteiger partial charge on any atom is 0.268 e. The number of alkyl halides is 2. The van der Waals surface area contributed by atoms with Gasteiger partial charge in [-0.25, -0.2) is 22.2 Å². The van der Waals surface area contributed by atoms with Crippen LogP contribution in [0.4, 0.5) is 14.6 Å².